The number of ether oxygens (including phenoxy) is 1. The van der Waals surface area contributed by atoms with Crippen LogP contribution in [0, 0.1) is 0 Å². The first-order chi connectivity index (χ1) is 5.36. The van der Waals surface area contributed by atoms with Crippen LogP contribution in [0.25, 0.3) is 0 Å². The number of aromatic nitrogens is 1. The summed E-state index contributed by atoms with van der Waals surface area (Å²) in [5, 5.41) is 11.0. The van der Waals surface area contributed by atoms with Crippen LogP contribution < -0.4 is 4.74 Å². The second kappa shape index (κ2) is 3.55. The molecule has 0 aliphatic rings. The van der Waals surface area contributed by atoms with Crippen molar-refractivity contribution in [2.24, 2.45) is 5.16 Å². The maximum atomic E-state index is 8.18. The molecular weight excluding hydrogens is 144 g/mol. The molecular formula is C7H8N2O2. The van der Waals surface area contributed by atoms with Gasteiger partial charge in [-0.3, -0.25) is 4.98 Å². The highest BCUT2D eigenvalue weighted by molar-refractivity contribution is 5.78. The summed E-state index contributed by atoms with van der Waals surface area (Å²) in [6.07, 6.45) is 4.44. The molecule has 0 aliphatic carbocycles. The molecule has 0 fully saturated rings. The van der Waals surface area contributed by atoms with Crippen LogP contribution in [0.15, 0.2) is 23.6 Å². The number of hydrogen-bond acceptors (Lipinski definition) is 4. The molecule has 4 nitrogen and oxygen atoms in total. The van der Waals surface area contributed by atoms with E-state index in [4.69, 9.17) is 9.94 Å². The van der Waals surface area contributed by atoms with Crippen LogP contribution >= 0.6 is 0 Å². The molecule has 4 heteroatoms. The molecule has 0 radical (unpaired) electrons. The fraction of sp³-hybridized carbons (Fsp3) is 0.143. The fourth-order valence-electron chi connectivity index (χ4n) is 0.684. The summed E-state index contributed by atoms with van der Waals surface area (Å²) in [5.41, 5.74) is 0.701. The molecule has 58 valence electrons. The van der Waals surface area contributed by atoms with Gasteiger partial charge in [-0.15, -0.1) is 0 Å². The zero-order valence-corrected chi connectivity index (χ0v) is 6.06. The van der Waals surface area contributed by atoms with E-state index in [1.807, 2.05) is 0 Å². The Morgan fingerprint density at radius 3 is 3.09 bits per heavy atom. The SMILES string of the molecule is COc1cncc(C=NO)c1. The van der Waals surface area contributed by atoms with Gasteiger partial charge in [-0.2, -0.15) is 0 Å². The molecule has 0 amide bonds. The minimum absolute atomic E-state index is 0.641. The van der Waals surface area contributed by atoms with Crippen LogP contribution in [0.4, 0.5) is 0 Å². The zero-order valence-electron chi connectivity index (χ0n) is 6.06. The van der Waals surface area contributed by atoms with Gasteiger partial charge in [0.2, 0.25) is 0 Å². The summed E-state index contributed by atoms with van der Waals surface area (Å²) in [7, 11) is 1.55. The minimum Gasteiger partial charge on any atom is -0.495 e. The molecule has 1 rings (SSSR count). The van der Waals surface area contributed by atoms with Crippen molar-refractivity contribution in [1.82, 2.24) is 4.98 Å². The van der Waals surface area contributed by atoms with Crippen LogP contribution in [0.5, 0.6) is 5.75 Å². The van der Waals surface area contributed by atoms with E-state index in [-0.39, 0.29) is 0 Å². The third-order valence-corrected chi connectivity index (χ3v) is 1.18. The Morgan fingerprint density at radius 2 is 2.45 bits per heavy atom. The van der Waals surface area contributed by atoms with Gasteiger partial charge in [-0.1, -0.05) is 5.16 Å². The van der Waals surface area contributed by atoms with Gasteiger partial charge in [0.1, 0.15) is 5.75 Å². The number of hydrogen-bond donors (Lipinski definition) is 1. The van der Waals surface area contributed by atoms with Gasteiger partial charge < -0.3 is 9.94 Å². The van der Waals surface area contributed by atoms with Gasteiger partial charge in [-0.25, -0.2) is 0 Å². The molecule has 1 heterocycles. The molecule has 1 aromatic rings. The van der Waals surface area contributed by atoms with E-state index in [1.54, 1.807) is 25.6 Å². The predicted molar refractivity (Wildman–Crippen MR) is 40.2 cm³/mol. The standard InChI is InChI=1S/C7H8N2O2/c1-11-7-2-6(4-9-10)3-8-5-7/h2-5,10H,1H3. The second-order valence-corrected chi connectivity index (χ2v) is 1.90. The maximum Gasteiger partial charge on any atom is 0.137 e. The van der Waals surface area contributed by atoms with Crippen molar-refractivity contribution >= 4 is 6.21 Å². The molecule has 0 aromatic carbocycles. The first-order valence-corrected chi connectivity index (χ1v) is 3.03. The summed E-state index contributed by atoms with van der Waals surface area (Å²) < 4.78 is 4.90. The lowest BCUT2D eigenvalue weighted by Gasteiger charge is -1.97. The van der Waals surface area contributed by atoms with E-state index in [0.29, 0.717) is 11.3 Å². The first-order valence-electron chi connectivity index (χ1n) is 3.03. The summed E-state index contributed by atoms with van der Waals surface area (Å²) in [6, 6.07) is 1.72. The van der Waals surface area contributed by atoms with Gasteiger partial charge in [0, 0.05) is 11.8 Å². The van der Waals surface area contributed by atoms with Crippen LogP contribution in [-0.2, 0) is 0 Å². The van der Waals surface area contributed by atoms with Crippen molar-refractivity contribution in [1.29, 1.82) is 0 Å². The molecule has 0 spiro atoms. The molecule has 0 atom stereocenters. The van der Waals surface area contributed by atoms with Crippen molar-refractivity contribution in [2.75, 3.05) is 7.11 Å². The molecule has 0 saturated heterocycles. The van der Waals surface area contributed by atoms with Gasteiger partial charge in [0.15, 0.2) is 0 Å². The monoisotopic (exact) mass is 152 g/mol. The second-order valence-electron chi connectivity index (χ2n) is 1.90. The Balaban J connectivity index is 2.91. The van der Waals surface area contributed by atoms with Crippen LogP contribution in [0.1, 0.15) is 5.56 Å². The number of nitrogens with zero attached hydrogens (tertiary/aromatic N) is 2. The average Bonchev–Trinajstić information content (AvgIpc) is 2.06. The molecule has 0 bridgehead atoms. The number of rotatable bonds is 2. The Morgan fingerprint density at radius 1 is 1.64 bits per heavy atom. The highest BCUT2D eigenvalue weighted by Gasteiger charge is 1.91. The largest absolute Gasteiger partial charge is 0.495 e. The normalized spacial score (nSPS) is 10.3. The first kappa shape index (κ1) is 7.53. The Hall–Kier alpha value is -1.58. The summed E-state index contributed by atoms with van der Waals surface area (Å²) in [5.74, 6) is 0.641. The van der Waals surface area contributed by atoms with Gasteiger partial charge in [0.05, 0.1) is 19.5 Å². The lowest BCUT2D eigenvalue weighted by molar-refractivity contribution is 0.322. The van der Waals surface area contributed by atoms with E-state index < -0.39 is 0 Å². The highest BCUT2D eigenvalue weighted by atomic mass is 16.5. The third kappa shape index (κ3) is 1.93. The fourth-order valence-corrected chi connectivity index (χ4v) is 0.684. The van der Waals surface area contributed by atoms with Crippen LogP contribution in [-0.4, -0.2) is 23.5 Å². The number of methoxy groups -OCH3 is 1. The molecule has 0 saturated carbocycles. The third-order valence-electron chi connectivity index (χ3n) is 1.18. The van der Waals surface area contributed by atoms with E-state index in [1.165, 1.54) is 6.21 Å². The van der Waals surface area contributed by atoms with E-state index in [9.17, 15) is 0 Å². The van der Waals surface area contributed by atoms with Crippen molar-refractivity contribution < 1.29 is 9.94 Å². The van der Waals surface area contributed by atoms with Gasteiger partial charge >= 0.3 is 0 Å². The highest BCUT2D eigenvalue weighted by Crippen LogP contribution is 2.07. The van der Waals surface area contributed by atoms with Crippen molar-refractivity contribution in [2.45, 2.75) is 0 Å². The molecule has 1 N–H and O–H groups in total. The minimum atomic E-state index is 0.641. The lowest BCUT2D eigenvalue weighted by atomic mass is 10.3. The average molecular weight is 152 g/mol. The topological polar surface area (TPSA) is 54.7 Å². The van der Waals surface area contributed by atoms with E-state index >= 15 is 0 Å². The molecule has 1 aromatic heterocycles. The molecule has 11 heavy (non-hydrogen) atoms. The smallest absolute Gasteiger partial charge is 0.137 e. The lowest BCUT2D eigenvalue weighted by Crippen LogP contribution is -1.87. The van der Waals surface area contributed by atoms with Crippen molar-refractivity contribution in [3.63, 3.8) is 0 Å². The summed E-state index contributed by atoms with van der Waals surface area (Å²) in [6.45, 7) is 0. The predicted octanol–water partition coefficient (Wildman–Crippen LogP) is 0.898. The van der Waals surface area contributed by atoms with Crippen LogP contribution in [0.2, 0.25) is 0 Å². The maximum absolute atomic E-state index is 8.18. The molecule has 0 aliphatic heterocycles. The number of oxime groups is 1. The Kier molecular flexibility index (Phi) is 2.43. The summed E-state index contributed by atoms with van der Waals surface area (Å²) >= 11 is 0. The molecule has 0 unspecified atom stereocenters. The Bertz CT molecular complexity index is 260. The van der Waals surface area contributed by atoms with Crippen molar-refractivity contribution in [3.8, 4) is 5.75 Å². The van der Waals surface area contributed by atoms with Crippen molar-refractivity contribution in [3.05, 3.63) is 24.0 Å². The number of pyridine rings is 1. The van der Waals surface area contributed by atoms with Gasteiger partial charge in [0.25, 0.3) is 0 Å². The van der Waals surface area contributed by atoms with E-state index in [2.05, 4.69) is 10.1 Å². The Labute approximate surface area is 64.1 Å². The van der Waals surface area contributed by atoms with E-state index in [0.717, 1.165) is 0 Å². The van der Waals surface area contributed by atoms with Gasteiger partial charge in [-0.05, 0) is 6.07 Å². The zero-order chi connectivity index (χ0) is 8.10. The summed E-state index contributed by atoms with van der Waals surface area (Å²) in [4.78, 5) is 3.85. The van der Waals surface area contributed by atoms with Crippen LogP contribution in [0.3, 0.4) is 0 Å². The quantitative estimate of drug-likeness (QED) is 0.389.